The standard InChI is InChI=1S/C31H38N4O2/c1-4-13-34-20-29(21-34)30(36)17-27-16-26(6-5-22(27)2)31(37)35-14-11-25(12-15-35)23-7-9-24(10-8-23)28-18-32-33(3)19-28/h5-10,16,18-19,25,29H,4,11-15,17,20-21H2,1-3H3. The number of likely N-dealkylation sites (tertiary alicyclic amines) is 2. The van der Waals surface area contributed by atoms with Crippen molar-refractivity contribution in [2.24, 2.45) is 13.0 Å². The van der Waals surface area contributed by atoms with Crippen LogP contribution < -0.4 is 0 Å². The number of rotatable bonds is 8. The van der Waals surface area contributed by atoms with Crippen LogP contribution in [-0.2, 0) is 18.3 Å². The molecule has 1 aromatic heterocycles. The van der Waals surface area contributed by atoms with E-state index in [-0.39, 0.29) is 11.8 Å². The van der Waals surface area contributed by atoms with Crippen LogP contribution in [0.3, 0.4) is 0 Å². The predicted octanol–water partition coefficient (Wildman–Crippen LogP) is 4.87. The summed E-state index contributed by atoms with van der Waals surface area (Å²) in [6.07, 6.45) is 7.39. The molecule has 0 radical (unpaired) electrons. The fourth-order valence-corrected chi connectivity index (χ4v) is 5.72. The Bertz CT molecular complexity index is 1250. The third kappa shape index (κ3) is 5.69. The Morgan fingerprint density at radius 2 is 1.73 bits per heavy atom. The zero-order valence-electron chi connectivity index (χ0n) is 22.3. The first-order chi connectivity index (χ1) is 17.9. The maximum absolute atomic E-state index is 13.3. The van der Waals surface area contributed by atoms with Gasteiger partial charge in [-0.05, 0) is 73.0 Å². The molecule has 0 N–H and O–H groups in total. The monoisotopic (exact) mass is 498 g/mol. The van der Waals surface area contributed by atoms with Crippen molar-refractivity contribution in [3.63, 3.8) is 0 Å². The van der Waals surface area contributed by atoms with E-state index in [9.17, 15) is 9.59 Å². The molecule has 2 aromatic carbocycles. The van der Waals surface area contributed by atoms with E-state index < -0.39 is 0 Å². The molecule has 0 spiro atoms. The highest BCUT2D eigenvalue weighted by atomic mass is 16.2. The van der Waals surface area contributed by atoms with Gasteiger partial charge in [0.05, 0.1) is 6.20 Å². The summed E-state index contributed by atoms with van der Waals surface area (Å²) in [5.41, 5.74) is 6.42. The summed E-state index contributed by atoms with van der Waals surface area (Å²) < 4.78 is 1.82. The van der Waals surface area contributed by atoms with Crippen molar-refractivity contribution >= 4 is 11.7 Å². The van der Waals surface area contributed by atoms with E-state index in [1.807, 2.05) is 54.1 Å². The molecule has 3 heterocycles. The van der Waals surface area contributed by atoms with Crippen molar-refractivity contribution in [2.75, 3.05) is 32.7 Å². The molecule has 2 saturated heterocycles. The number of amides is 1. The van der Waals surface area contributed by atoms with E-state index >= 15 is 0 Å². The molecule has 2 aliphatic rings. The Morgan fingerprint density at radius 1 is 1.00 bits per heavy atom. The molecule has 2 fully saturated rings. The largest absolute Gasteiger partial charge is 0.339 e. The van der Waals surface area contributed by atoms with Gasteiger partial charge in [-0.15, -0.1) is 0 Å². The lowest BCUT2D eigenvalue weighted by Gasteiger charge is -2.38. The molecule has 194 valence electrons. The zero-order chi connectivity index (χ0) is 25.9. The predicted molar refractivity (Wildman–Crippen MR) is 147 cm³/mol. The molecule has 6 heteroatoms. The van der Waals surface area contributed by atoms with Gasteiger partial charge in [0, 0.05) is 62.9 Å². The maximum atomic E-state index is 13.3. The van der Waals surface area contributed by atoms with Gasteiger partial charge >= 0.3 is 0 Å². The summed E-state index contributed by atoms with van der Waals surface area (Å²) >= 11 is 0. The normalized spacial score (nSPS) is 17.1. The maximum Gasteiger partial charge on any atom is 0.253 e. The second-order valence-corrected chi connectivity index (χ2v) is 10.8. The van der Waals surface area contributed by atoms with Gasteiger partial charge in [-0.25, -0.2) is 0 Å². The van der Waals surface area contributed by atoms with Crippen molar-refractivity contribution in [2.45, 2.75) is 45.4 Å². The number of aryl methyl sites for hydroxylation is 2. The zero-order valence-corrected chi connectivity index (χ0v) is 22.3. The number of hydrogen-bond acceptors (Lipinski definition) is 4. The molecule has 1 amide bonds. The number of carbonyl (C=O) groups is 2. The van der Waals surface area contributed by atoms with Crippen molar-refractivity contribution in [3.05, 3.63) is 77.1 Å². The number of aromatic nitrogens is 2. The van der Waals surface area contributed by atoms with Crippen molar-refractivity contribution in [1.29, 1.82) is 0 Å². The van der Waals surface area contributed by atoms with E-state index in [2.05, 4.69) is 41.2 Å². The minimum absolute atomic E-state index is 0.0804. The summed E-state index contributed by atoms with van der Waals surface area (Å²) in [5, 5.41) is 4.26. The third-order valence-corrected chi connectivity index (χ3v) is 8.12. The molecule has 0 unspecified atom stereocenters. The summed E-state index contributed by atoms with van der Waals surface area (Å²) in [5.74, 6) is 0.989. The topological polar surface area (TPSA) is 58.4 Å². The van der Waals surface area contributed by atoms with Crippen LogP contribution in [-0.4, -0.2) is 64.0 Å². The fourth-order valence-electron chi connectivity index (χ4n) is 5.72. The van der Waals surface area contributed by atoms with E-state index in [1.54, 1.807) is 0 Å². The minimum Gasteiger partial charge on any atom is -0.339 e. The molecule has 2 aliphatic heterocycles. The smallest absolute Gasteiger partial charge is 0.253 e. The molecular weight excluding hydrogens is 460 g/mol. The minimum atomic E-state index is 0.0804. The Labute approximate surface area is 220 Å². The van der Waals surface area contributed by atoms with Gasteiger partial charge in [0.2, 0.25) is 0 Å². The molecule has 0 saturated carbocycles. The highest BCUT2D eigenvalue weighted by Gasteiger charge is 2.32. The van der Waals surface area contributed by atoms with E-state index in [1.165, 1.54) is 11.1 Å². The quantitative estimate of drug-likeness (QED) is 0.445. The van der Waals surface area contributed by atoms with Gasteiger partial charge < -0.3 is 9.80 Å². The summed E-state index contributed by atoms with van der Waals surface area (Å²) in [6, 6.07) is 14.7. The number of Topliss-reactive ketones (excluding diaryl/α,β-unsaturated/α-hetero) is 1. The van der Waals surface area contributed by atoms with Crippen molar-refractivity contribution < 1.29 is 9.59 Å². The number of ketones is 1. The van der Waals surface area contributed by atoms with E-state index in [0.717, 1.165) is 68.7 Å². The lowest BCUT2D eigenvalue weighted by atomic mass is 9.88. The van der Waals surface area contributed by atoms with Crippen LogP contribution in [0.5, 0.6) is 0 Å². The first-order valence-electron chi connectivity index (χ1n) is 13.6. The molecule has 0 aliphatic carbocycles. The number of nitrogens with zero attached hydrogens (tertiary/aromatic N) is 4. The average molecular weight is 499 g/mol. The molecule has 0 atom stereocenters. The number of hydrogen-bond donors (Lipinski definition) is 0. The van der Waals surface area contributed by atoms with E-state index in [0.29, 0.717) is 23.7 Å². The number of piperidine rings is 1. The highest BCUT2D eigenvalue weighted by molar-refractivity contribution is 5.95. The van der Waals surface area contributed by atoms with Gasteiger partial charge in [0.25, 0.3) is 5.91 Å². The molecule has 37 heavy (non-hydrogen) atoms. The first kappa shape index (κ1) is 25.4. The molecular formula is C31H38N4O2. The lowest BCUT2D eigenvalue weighted by molar-refractivity contribution is -0.127. The Morgan fingerprint density at radius 3 is 2.38 bits per heavy atom. The van der Waals surface area contributed by atoms with Gasteiger partial charge in [-0.1, -0.05) is 37.3 Å². The molecule has 5 rings (SSSR count). The summed E-state index contributed by atoms with van der Waals surface area (Å²) in [4.78, 5) is 30.5. The van der Waals surface area contributed by atoms with Gasteiger partial charge in [-0.2, -0.15) is 5.10 Å². The van der Waals surface area contributed by atoms with Crippen LogP contribution in [0.1, 0.15) is 59.2 Å². The van der Waals surface area contributed by atoms with E-state index in [4.69, 9.17) is 0 Å². The van der Waals surface area contributed by atoms with Crippen LogP contribution in [0.25, 0.3) is 11.1 Å². The Hall–Kier alpha value is -3.25. The van der Waals surface area contributed by atoms with Crippen LogP contribution in [0.15, 0.2) is 54.9 Å². The van der Waals surface area contributed by atoms with Crippen molar-refractivity contribution in [3.8, 4) is 11.1 Å². The van der Waals surface area contributed by atoms with Crippen LogP contribution >= 0.6 is 0 Å². The van der Waals surface area contributed by atoms with Crippen LogP contribution in [0, 0.1) is 12.8 Å². The van der Waals surface area contributed by atoms with Crippen LogP contribution in [0.2, 0.25) is 0 Å². The Balaban J connectivity index is 1.17. The number of benzene rings is 2. The molecule has 6 nitrogen and oxygen atoms in total. The van der Waals surface area contributed by atoms with Crippen molar-refractivity contribution in [1.82, 2.24) is 19.6 Å². The third-order valence-electron chi connectivity index (χ3n) is 8.12. The van der Waals surface area contributed by atoms with Gasteiger partial charge in [0.15, 0.2) is 0 Å². The Kier molecular flexibility index (Phi) is 7.56. The lowest BCUT2D eigenvalue weighted by Crippen LogP contribution is -2.50. The van der Waals surface area contributed by atoms with Crippen LogP contribution in [0.4, 0.5) is 0 Å². The second kappa shape index (κ2) is 11.0. The molecule has 0 bridgehead atoms. The highest BCUT2D eigenvalue weighted by Crippen LogP contribution is 2.31. The molecule has 3 aromatic rings. The summed E-state index contributed by atoms with van der Waals surface area (Å²) in [6.45, 7) is 8.55. The van der Waals surface area contributed by atoms with Gasteiger partial charge in [0.1, 0.15) is 5.78 Å². The SMILES string of the molecule is CCCN1CC(C(=O)Cc2cc(C(=O)N3CCC(c4ccc(-c5cnn(C)c5)cc4)CC3)ccc2C)C1. The summed E-state index contributed by atoms with van der Waals surface area (Å²) in [7, 11) is 1.93. The second-order valence-electron chi connectivity index (χ2n) is 10.8. The first-order valence-corrected chi connectivity index (χ1v) is 13.6. The average Bonchev–Trinajstić information content (AvgIpc) is 3.33. The van der Waals surface area contributed by atoms with Gasteiger partial charge in [-0.3, -0.25) is 14.3 Å². The number of carbonyl (C=O) groups excluding carboxylic acids is 2. The fraction of sp³-hybridized carbons (Fsp3) is 0.452.